The lowest BCUT2D eigenvalue weighted by molar-refractivity contribution is -0.131. The van der Waals surface area contributed by atoms with Gasteiger partial charge in [-0.05, 0) is 54.0 Å². The van der Waals surface area contributed by atoms with Gasteiger partial charge in [0.2, 0.25) is 5.78 Å². The Kier molecular flexibility index (Phi) is 5.69. The van der Waals surface area contributed by atoms with Gasteiger partial charge in [0, 0.05) is 18.0 Å². The van der Waals surface area contributed by atoms with Crippen LogP contribution in [-0.4, -0.2) is 28.7 Å². The fraction of sp³-hybridized carbons (Fsp3) is 0.458. The van der Waals surface area contributed by atoms with E-state index >= 15 is 0 Å². The van der Waals surface area contributed by atoms with Crippen molar-refractivity contribution in [2.24, 2.45) is 17.8 Å². The Morgan fingerprint density at radius 1 is 1.17 bits per heavy atom. The number of Topliss-reactive ketones (excluding diaryl/α,β-unsaturated/α-hetero) is 2. The predicted octanol–water partition coefficient (Wildman–Crippen LogP) is 3.02. The number of aliphatic hydroxyl groups is 1. The highest BCUT2D eigenvalue weighted by Crippen LogP contribution is 2.47. The largest absolute Gasteiger partial charge is 0.380 e. The molecular formula is C24H26FNO4. The van der Waals surface area contributed by atoms with Crippen molar-refractivity contribution in [2.45, 2.75) is 51.7 Å². The molecule has 158 valence electrons. The Morgan fingerprint density at radius 3 is 2.60 bits per heavy atom. The molecule has 4 atom stereocenters. The van der Waals surface area contributed by atoms with Crippen molar-refractivity contribution in [3.63, 3.8) is 0 Å². The van der Waals surface area contributed by atoms with Gasteiger partial charge in [0.15, 0.2) is 5.78 Å². The molecule has 1 saturated carbocycles. The second kappa shape index (κ2) is 8.26. The molecule has 0 bridgehead atoms. The Balaban J connectivity index is 1.58. The fourth-order valence-electron chi connectivity index (χ4n) is 5.25. The maximum absolute atomic E-state index is 13.1. The molecule has 4 rings (SSSR count). The van der Waals surface area contributed by atoms with Crippen LogP contribution in [0.2, 0.25) is 0 Å². The number of allylic oxidation sites excluding steroid dienone is 2. The molecule has 30 heavy (non-hydrogen) atoms. The predicted molar refractivity (Wildman–Crippen MR) is 109 cm³/mol. The summed E-state index contributed by atoms with van der Waals surface area (Å²) >= 11 is 0. The molecule has 0 aromatic heterocycles. The molecule has 0 radical (unpaired) electrons. The van der Waals surface area contributed by atoms with Gasteiger partial charge in [-0.2, -0.15) is 0 Å². The number of nitrogens with one attached hydrogen (secondary N) is 1. The molecule has 3 aliphatic carbocycles. The summed E-state index contributed by atoms with van der Waals surface area (Å²) in [4.78, 5) is 38.4. The highest BCUT2D eigenvalue weighted by Gasteiger charge is 2.47. The summed E-state index contributed by atoms with van der Waals surface area (Å²) in [5.74, 6) is -1.31. The van der Waals surface area contributed by atoms with Crippen LogP contribution >= 0.6 is 0 Å². The number of halogens is 1. The van der Waals surface area contributed by atoms with Crippen LogP contribution in [0.5, 0.6) is 0 Å². The minimum absolute atomic E-state index is 0.123. The molecule has 0 saturated heterocycles. The Hall–Kier alpha value is -2.60. The molecule has 4 unspecified atom stereocenters. The van der Waals surface area contributed by atoms with Gasteiger partial charge in [0.1, 0.15) is 11.9 Å². The summed E-state index contributed by atoms with van der Waals surface area (Å²) in [6.07, 6.45) is 4.41. The first-order valence-corrected chi connectivity index (χ1v) is 10.6. The third-order valence-electron chi connectivity index (χ3n) is 6.86. The van der Waals surface area contributed by atoms with Crippen molar-refractivity contribution >= 4 is 17.5 Å². The summed E-state index contributed by atoms with van der Waals surface area (Å²) in [6.45, 7) is 2.26. The number of amides is 1. The van der Waals surface area contributed by atoms with Crippen LogP contribution in [0, 0.1) is 23.6 Å². The minimum atomic E-state index is -1.58. The molecule has 2 N–H and O–H groups in total. The van der Waals surface area contributed by atoms with Crippen molar-refractivity contribution in [3.8, 4) is 0 Å². The highest BCUT2D eigenvalue weighted by molar-refractivity contribution is 6.25. The molecule has 1 amide bonds. The fourth-order valence-corrected chi connectivity index (χ4v) is 5.25. The summed E-state index contributed by atoms with van der Waals surface area (Å²) in [6, 6.07) is 5.70. The van der Waals surface area contributed by atoms with Crippen molar-refractivity contribution in [1.82, 2.24) is 5.32 Å². The summed E-state index contributed by atoms with van der Waals surface area (Å²) in [5, 5.41) is 13.3. The number of aliphatic hydroxyl groups excluding tert-OH is 1. The zero-order valence-corrected chi connectivity index (χ0v) is 17.0. The average Bonchev–Trinajstić information content (AvgIpc) is 2.75. The molecule has 1 aromatic carbocycles. The highest BCUT2D eigenvalue weighted by atomic mass is 19.1. The van der Waals surface area contributed by atoms with E-state index in [0.29, 0.717) is 23.5 Å². The number of rotatable bonds is 4. The zero-order chi connectivity index (χ0) is 21.4. The monoisotopic (exact) mass is 411 g/mol. The van der Waals surface area contributed by atoms with E-state index in [1.54, 1.807) is 12.1 Å². The molecule has 1 fully saturated rings. The lowest BCUT2D eigenvalue weighted by Gasteiger charge is -2.42. The number of hydrogen-bond acceptors (Lipinski definition) is 4. The first-order valence-electron chi connectivity index (χ1n) is 10.6. The Bertz CT molecular complexity index is 946. The second-order valence-electron chi connectivity index (χ2n) is 8.51. The number of benzene rings is 1. The van der Waals surface area contributed by atoms with Gasteiger partial charge < -0.3 is 10.4 Å². The van der Waals surface area contributed by atoms with E-state index in [-0.39, 0.29) is 41.1 Å². The second-order valence-corrected chi connectivity index (χ2v) is 8.51. The number of hydrogen-bond donors (Lipinski definition) is 2. The van der Waals surface area contributed by atoms with Gasteiger partial charge in [-0.3, -0.25) is 14.4 Å². The molecule has 0 heterocycles. The van der Waals surface area contributed by atoms with Crippen LogP contribution in [-0.2, 0) is 20.9 Å². The molecule has 3 aliphatic rings. The maximum Gasteiger partial charge on any atom is 0.255 e. The Morgan fingerprint density at radius 2 is 1.90 bits per heavy atom. The van der Waals surface area contributed by atoms with Crippen LogP contribution in [0.25, 0.3) is 0 Å². The van der Waals surface area contributed by atoms with Crippen molar-refractivity contribution in [2.75, 3.05) is 0 Å². The summed E-state index contributed by atoms with van der Waals surface area (Å²) in [5.41, 5.74) is 1.38. The average molecular weight is 411 g/mol. The molecule has 0 spiro atoms. The quantitative estimate of drug-likeness (QED) is 0.746. The minimum Gasteiger partial charge on any atom is -0.380 e. The molecule has 0 aliphatic heterocycles. The molecular weight excluding hydrogens is 385 g/mol. The van der Waals surface area contributed by atoms with Crippen LogP contribution in [0.3, 0.4) is 0 Å². The smallest absolute Gasteiger partial charge is 0.255 e. The van der Waals surface area contributed by atoms with E-state index in [1.807, 2.05) is 0 Å². The molecule has 1 aromatic rings. The number of fused-ring (bicyclic) bond motifs is 1. The first kappa shape index (κ1) is 20.7. The van der Waals surface area contributed by atoms with E-state index < -0.39 is 17.8 Å². The van der Waals surface area contributed by atoms with E-state index in [2.05, 4.69) is 12.2 Å². The lowest BCUT2D eigenvalue weighted by Crippen LogP contribution is -2.45. The molecule has 5 nitrogen and oxygen atoms in total. The zero-order valence-electron chi connectivity index (χ0n) is 17.0. The maximum atomic E-state index is 13.1. The normalized spacial score (nSPS) is 28.6. The van der Waals surface area contributed by atoms with Crippen LogP contribution < -0.4 is 5.32 Å². The lowest BCUT2D eigenvalue weighted by atomic mass is 9.61. The van der Waals surface area contributed by atoms with Gasteiger partial charge in [-0.1, -0.05) is 38.3 Å². The van der Waals surface area contributed by atoms with Crippen molar-refractivity contribution in [3.05, 3.63) is 58.4 Å². The van der Waals surface area contributed by atoms with Gasteiger partial charge in [0.25, 0.3) is 5.91 Å². The number of carbonyl (C=O) groups excluding carboxylic acids is 3. The van der Waals surface area contributed by atoms with Gasteiger partial charge in [-0.15, -0.1) is 0 Å². The topological polar surface area (TPSA) is 83.5 Å². The number of carbonyl (C=O) groups is 3. The van der Waals surface area contributed by atoms with Gasteiger partial charge in [0.05, 0.1) is 5.57 Å². The van der Waals surface area contributed by atoms with E-state index in [9.17, 15) is 23.9 Å². The van der Waals surface area contributed by atoms with Crippen molar-refractivity contribution < 1.29 is 23.9 Å². The standard InChI is InChI=1S/C24H26FNO4/c1-2-14-4-3-5-17-18(14)10-15-11-19(22(28)23(29)20(15)21(17)27)24(30)26-12-13-6-8-16(25)9-7-13/h6-9,11,14,17-18,23,29H,2-5,10,12H2,1H3,(H,26,30). The van der Waals surface area contributed by atoms with Gasteiger partial charge in [-0.25, -0.2) is 4.39 Å². The van der Waals surface area contributed by atoms with E-state index in [1.165, 1.54) is 18.2 Å². The molecule has 6 heteroatoms. The first-order chi connectivity index (χ1) is 14.4. The third-order valence-corrected chi connectivity index (χ3v) is 6.86. The third kappa shape index (κ3) is 3.65. The van der Waals surface area contributed by atoms with Crippen LogP contribution in [0.4, 0.5) is 4.39 Å². The van der Waals surface area contributed by atoms with Crippen LogP contribution in [0.15, 0.2) is 47.1 Å². The number of ketones is 2. The van der Waals surface area contributed by atoms with E-state index in [4.69, 9.17) is 0 Å². The van der Waals surface area contributed by atoms with E-state index in [0.717, 1.165) is 25.7 Å². The SMILES string of the molecule is CCC1CCCC2C(=O)C3=C(C=C(C(=O)NCc4ccc(F)cc4)C(=O)C3O)CC12. The van der Waals surface area contributed by atoms with Crippen LogP contribution in [0.1, 0.15) is 44.6 Å². The van der Waals surface area contributed by atoms with Crippen molar-refractivity contribution in [1.29, 1.82) is 0 Å². The Labute approximate surface area is 175 Å². The summed E-state index contributed by atoms with van der Waals surface area (Å²) in [7, 11) is 0. The van der Waals surface area contributed by atoms with Gasteiger partial charge >= 0.3 is 0 Å². The summed E-state index contributed by atoms with van der Waals surface area (Å²) < 4.78 is 13.0.